The van der Waals surface area contributed by atoms with Crippen molar-refractivity contribution in [3.8, 4) is 0 Å². The molecule has 1 atom stereocenters. The fourth-order valence-corrected chi connectivity index (χ4v) is 1.72. The van der Waals surface area contributed by atoms with E-state index in [0.29, 0.717) is 6.54 Å². The summed E-state index contributed by atoms with van der Waals surface area (Å²) in [6, 6.07) is 8.80. The maximum absolute atomic E-state index is 12.4. The molecule has 0 radical (unpaired) electrons. The van der Waals surface area contributed by atoms with Crippen molar-refractivity contribution in [3.05, 3.63) is 59.5 Å². The van der Waals surface area contributed by atoms with E-state index in [1.165, 1.54) is 12.1 Å². The molecular weight excluding hydrogens is 255 g/mol. The summed E-state index contributed by atoms with van der Waals surface area (Å²) in [5.41, 5.74) is 0.168. The van der Waals surface area contributed by atoms with Crippen molar-refractivity contribution >= 4 is 0 Å². The Kier molecular flexibility index (Phi) is 3.95. The molecule has 2 rings (SSSR count). The summed E-state index contributed by atoms with van der Waals surface area (Å²) in [7, 11) is 0. The number of rotatable bonds is 4. The zero-order chi connectivity index (χ0) is 13.9. The predicted octanol–water partition coefficient (Wildman–Crippen LogP) is 4.15. The molecule has 5 heteroatoms. The average Bonchev–Trinajstić information content (AvgIpc) is 2.89. The zero-order valence-corrected chi connectivity index (χ0v) is 10.4. The zero-order valence-electron chi connectivity index (χ0n) is 10.4. The van der Waals surface area contributed by atoms with E-state index in [-0.39, 0.29) is 6.04 Å². The van der Waals surface area contributed by atoms with Gasteiger partial charge in [-0.15, -0.1) is 0 Å². The highest BCUT2D eigenvalue weighted by molar-refractivity contribution is 5.24. The Hall–Kier alpha value is -1.75. The van der Waals surface area contributed by atoms with Crippen molar-refractivity contribution < 1.29 is 17.6 Å². The smallest absolute Gasteiger partial charge is 0.416 e. The summed E-state index contributed by atoms with van der Waals surface area (Å²) in [6.07, 6.45) is -2.70. The van der Waals surface area contributed by atoms with Crippen LogP contribution in [0.4, 0.5) is 13.2 Å². The highest BCUT2D eigenvalue weighted by atomic mass is 19.4. The van der Waals surface area contributed by atoms with E-state index in [1.807, 2.05) is 13.0 Å². The van der Waals surface area contributed by atoms with Gasteiger partial charge in [0.25, 0.3) is 0 Å². The van der Waals surface area contributed by atoms with Crippen LogP contribution in [-0.2, 0) is 12.7 Å². The summed E-state index contributed by atoms with van der Waals surface area (Å²) < 4.78 is 42.4. The number of benzene rings is 1. The summed E-state index contributed by atoms with van der Waals surface area (Å²) in [4.78, 5) is 0. The van der Waals surface area contributed by atoms with Gasteiger partial charge in [0.2, 0.25) is 0 Å². The number of hydrogen-bond donors (Lipinski definition) is 1. The molecule has 0 saturated carbocycles. The molecule has 2 aromatic rings. The fourth-order valence-electron chi connectivity index (χ4n) is 1.72. The van der Waals surface area contributed by atoms with Crippen LogP contribution in [0.5, 0.6) is 0 Å². The molecule has 1 aromatic carbocycles. The van der Waals surface area contributed by atoms with Gasteiger partial charge >= 0.3 is 6.18 Å². The van der Waals surface area contributed by atoms with Gasteiger partial charge in [-0.05, 0) is 36.8 Å². The Bertz CT molecular complexity index is 502. The van der Waals surface area contributed by atoms with Crippen LogP contribution < -0.4 is 5.32 Å². The summed E-state index contributed by atoms with van der Waals surface area (Å²) in [5.74, 6) is 0.798. The molecule has 0 unspecified atom stereocenters. The third-order valence-electron chi connectivity index (χ3n) is 2.86. The van der Waals surface area contributed by atoms with E-state index in [0.717, 1.165) is 23.5 Å². The van der Waals surface area contributed by atoms with E-state index in [1.54, 1.807) is 12.3 Å². The first kappa shape index (κ1) is 13.7. The first-order valence-electron chi connectivity index (χ1n) is 5.90. The second kappa shape index (κ2) is 5.48. The van der Waals surface area contributed by atoms with Crippen molar-refractivity contribution in [1.29, 1.82) is 0 Å². The third-order valence-corrected chi connectivity index (χ3v) is 2.86. The van der Waals surface area contributed by atoms with Crippen molar-refractivity contribution in [2.75, 3.05) is 0 Å². The predicted molar refractivity (Wildman–Crippen MR) is 65.4 cm³/mol. The number of alkyl halides is 3. The molecule has 0 aliphatic heterocycles. The highest BCUT2D eigenvalue weighted by Gasteiger charge is 2.29. The molecule has 19 heavy (non-hydrogen) atoms. The highest BCUT2D eigenvalue weighted by Crippen LogP contribution is 2.29. The lowest BCUT2D eigenvalue weighted by Gasteiger charge is -2.12. The van der Waals surface area contributed by atoms with Gasteiger partial charge in [-0.1, -0.05) is 12.1 Å². The fraction of sp³-hybridized carbons (Fsp3) is 0.286. The lowest BCUT2D eigenvalue weighted by Crippen LogP contribution is -2.17. The number of halogens is 3. The molecule has 0 spiro atoms. The van der Waals surface area contributed by atoms with Crippen LogP contribution in [0.1, 0.15) is 29.9 Å². The minimum Gasteiger partial charge on any atom is -0.468 e. The second-order valence-corrected chi connectivity index (χ2v) is 4.31. The van der Waals surface area contributed by atoms with Gasteiger partial charge in [0, 0.05) is 6.54 Å². The largest absolute Gasteiger partial charge is 0.468 e. The summed E-state index contributed by atoms with van der Waals surface area (Å²) in [6.45, 7) is 2.42. The Morgan fingerprint density at radius 2 is 1.84 bits per heavy atom. The topological polar surface area (TPSA) is 25.2 Å². The average molecular weight is 269 g/mol. The quantitative estimate of drug-likeness (QED) is 0.902. The molecule has 1 N–H and O–H groups in total. The molecule has 2 nitrogen and oxygen atoms in total. The number of hydrogen-bond acceptors (Lipinski definition) is 2. The Morgan fingerprint density at radius 1 is 1.16 bits per heavy atom. The van der Waals surface area contributed by atoms with Gasteiger partial charge in [-0.25, -0.2) is 0 Å². The molecule has 0 saturated heterocycles. The normalized spacial score (nSPS) is 13.5. The lowest BCUT2D eigenvalue weighted by molar-refractivity contribution is -0.137. The molecular formula is C14H14F3NO. The number of furan rings is 1. The minimum atomic E-state index is -4.28. The standard InChI is InChI=1S/C14H14F3NO/c1-10(13-3-2-8-19-13)18-9-11-4-6-12(7-5-11)14(15,16)17/h2-8,10,18H,9H2,1H3/t10-/m0/s1. The van der Waals surface area contributed by atoms with Gasteiger partial charge < -0.3 is 9.73 Å². The van der Waals surface area contributed by atoms with E-state index >= 15 is 0 Å². The summed E-state index contributed by atoms with van der Waals surface area (Å²) in [5, 5.41) is 3.18. The lowest BCUT2D eigenvalue weighted by atomic mass is 10.1. The summed E-state index contributed by atoms with van der Waals surface area (Å²) >= 11 is 0. The molecule has 0 aliphatic rings. The van der Waals surface area contributed by atoms with Gasteiger partial charge in [-0.2, -0.15) is 13.2 Å². The Morgan fingerprint density at radius 3 is 2.37 bits per heavy atom. The van der Waals surface area contributed by atoms with Gasteiger partial charge in [0.1, 0.15) is 5.76 Å². The monoisotopic (exact) mass is 269 g/mol. The van der Waals surface area contributed by atoms with Crippen LogP contribution in [0.25, 0.3) is 0 Å². The second-order valence-electron chi connectivity index (χ2n) is 4.31. The van der Waals surface area contributed by atoms with Gasteiger partial charge in [0.15, 0.2) is 0 Å². The van der Waals surface area contributed by atoms with Crippen LogP contribution in [0.15, 0.2) is 47.1 Å². The van der Waals surface area contributed by atoms with Crippen molar-refractivity contribution in [2.24, 2.45) is 0 Å². The SMILES string of the molecule is C[C@H](NCc1ccc(C(F)(F)F)cc1)c1ccco1. The van der Waals surface area contributed by atoms with Crippen LogP contribution in [0, 0.1) is 0 Å². The number of nitrogens with one attached hydrogen (secondary N) is 1. The maximum Gasteiger partial charge on any atom is 0.416 e. The van der Waals surface area contributed by atoms with Crippen molar-refractivity contribution in [2.45, 2.75) is 25.7 Å². The molecule has 1 heterocycles. The van der Waals surface area contributed by atoms with E-state index < -0.39 is 11.7 Å². The first-order chi connectivity index (χ1) is 8.97. The van der Waals surface area contributed by atoms with Crippen LogP contribution in [0.3, 0.4) is 0 Å². The van der Waals surface area contributed by atoms with Crippen LogP contribution in [-0.4, -0.2) is 0 Å². The van der Waals surface area contributed by atoms with E-state index in [9.17, 15) is 13.2 Å². The Balaban J connectivity index is 1.93. The molecule has 0 bridgehead atoms. The van der Waals surface area contributed by atoms with E-state index in [4.69, 9.17) is 4.42 Å². The molecule has 102 valence electrons. The molecule has 0 aliphatic carbocycles. The minimum absolute atomic E-state index is 0.0114. The molecule has 0 fully saturated rings. The van der Waals surface area contributed by atoms with Crippen LogP contribution in [0.2, 0.25) is 0 Å². The van der Waals surface area contributed by atoms with Crippen molar-refractivity contribution in [1.82, 2.24) is 5.32 Å². The Labute approximate surface area is 109 Å². The molecule has 0 amide bonds. The van der Waals surface area contributed by atoms with E-state index in [2.05, 4.69) is 5.32 Å². The van der Waals surface area contributed by atoms with Crippen molar-refractivity contribution in [3.63, 3.8) is 0 Å². The van der Waals surface area contributed by atoms with Crippen LogP contribution >= 0.6 is 0 Å². The van der Waals surface area contributed by atoms with Gasteiger partial charge in [0.05, 0.1) is 17.9 Å². The maximum atomic E-state index is 12.4. The third kappa shape index (κ3) is 3.61. The van der Waals surface area contributed by atoms with Gasteiger partial charge in [-0.3, -0.25) is 0 Å². The molecule has 1 aromatic heterocycles. The first-order valence-corrected chi connectivity index (χ1v) is 5.90.